The largest absolute Gasteiger partial charge is 0.872 e. The number of hydrogen-bond acceptors (Lipinski definition) is 8. The van der Waals surface area contributed by atoms with Gasteiger partial charge in [0.15, 0.2) is 0 Å². The van der Waals surface area contributed by atoms with E-state index < -0.39 is 0 Å². The second-order valence-corrected chi connectivity index (χ2v) is 22.3. The molecule has 2 aromatic carbocycles. The van der Waals surface area contributed by atoms with Crippen LogP contribution in [0.4, 0.5) is 0 Å². The molecule has 0 radical (unpaired) electrons. The molecule has 5 rings (SSSR count). The normalized spacial score (nSPS) is 16.4. The molecule has 1 aliphatic rings. The van der Waals surface area contributed by atoms with Gasteiger partial charge in [0, 0.05) is 92.1 Å². The molecule has 9 heteroatoms. The van der Waals surface area contributed by atoms with Gasteiger partial charge in [0.2, 0.25) is 0 Å². The van der Waals surface area contributed by atoms with Crippen molar-refractivity contribution >= 4 is 0 Å². The fraction of sp³-hybridized carbons (Fsp3) is 0.593. The van der Waals surface area contributed by atoms with Crippen LogP contribution in [0.2, 0.25) is 0 Å². The van der Waals surface area contributed by atoms with Crippen LogP contribution in [-0.2, 0) is 34.7 Å². The van der Waals surface area contributed by atoms with Gasteiger partial charge in [-0.2, -0.15) is 0 Å². The molecule has 0 aliphatic carbocycles. The van der Waals surface area contributed by atoms with E-state index in [1.807, 2.05) is 36.7 Å². The molecule has 1 aliphatic heterocycles. The first-order valence-electron chi connectivity index (χ1n) is 23.1. The molecule has 2 aromatic heterocycles. The Labute approximate surface area is 416 Å². The Morgan fingerprint density at radius 2 is 0.825 bits per heavy atom. The number of aryl methyl sites for hydroxylation is 2. The standard InChI is InChI=1S/C42H72N4O2.C12H12N2.Sm/c1-39(2,3)33-25-31(37(47)35(27-33)41(7,8)9)29-45-19-15-17-44(14)22-24-46(20-16-18-43(13)21-23-45)30-32-26-34(40(4,5)6)28-36(38(32)48)42(10,11)12;1-9-3-5-13-11(7-9)12-8-10(2)4-6-14-12;/h25-28,47-48H,15-24,29-30H2,1-14H3;3-8H,1-2H3;/p-2. The van der Waals surface area contributed by atoms with E-state index in [9.17, 15) is 10.2 Å². The first-order valence-corrected chi connectivity index (χ1v) is 23.1. The van der Waals surface area contributed by atoms with Crippen molar-refractivity contribution in [3.8, 4) is 22.9 Å². The van der Waals surface area contributed by atoms with E-state index in [1.54, 1.807) is 0 Å². The van der Waals surface area contributed by atoms with Gasteiger partial charge in [0.1, 0.15) is 0 Å². The first-order chi connectivity index (χ1) is 28.7. The van der Waals surface area contributed by atoms with Crippen LogP contribution in [0.15, 0.2) is 60.9 Å². The minimum atomic E-state index is -0.192. The summed E-state index contributed by atoms with van der Waals surface area (Å²) in [6.45, 7) is 39.6. The van der Waals surface area contributed by atoms with Crippen molar-refractivity contribution in [3.05, 3.63) is 105 Å². The summed E-state index contributed by atoms with van der Waals surface area (Å²) in [6, 6.07) is 16.7. The van der Waals surface area contributed by atoms with E-state index in [0.717, 1.165) is 98.8 Å². The minimum absolute atomic E-state index is 0. The van der Waals surface area contributed by atoms with Crippen LogP contribution in [0.5, 0.6) is 11.5 Å². The Balaban J connectivity index is 0.000000591. The maximum Gasteiger partial charge on any atom is 0.0888 e. The molecule has 8 nitrogen and oxygen atoms in total. The Morgan fingerprint density at radius 1 is 0.476 bits per heavy atom. The van der Waals surface area contributed by atoms with Gasteiger partial charge in [0.05, 0.1) is 11.4 Å². The number of aromatic nitrogens is 2. The topological polar surface area (TPSA) is 84.9 Å². The second-order valence-electron chi connectivity index (χ2n) is 22.3. The van der Waals surface area contributed by atoms with Gasteiger partial charge in [-0.25, -0.2) is 0 Å². The van der Waals surface area contributed by atoms with Gasteiger partial charge >= 0.3 is 0 Å². The number of benzene rings is 2. The molecular weight excluding hydrogens is 915 g/mol. The van der Waals surface area contributed by atoms with E-state index >= 15 is 0 Å². The summed E-state index contributed by atoms with van der Waals surface area (Å²) in [7, 11) is 4.44. The van der Waals surface area contributed by atoms with E-state index in [4.69, 9.17) is 0 Å². The Bertz CT molecular complexity index is 1910. The molecule has 0 spiro atoms. The molecule has 0 amide bonds. The van der Waals surface area contributed by atoms with Crippen molar-refractivity contribution in [1.29, 1.82) is 0 Å². The summed E-state index contributed by atoms with van der Waals surface area (Å²) in [5.74, 6) is 0.425. The van der Waals surface area contributed by atoms with E-state index in [2.05, 4.69) is 165 Å². The average Bonchev–Trinajstić information content (AvgIpc) is 3.15. The van der Waals surface area contributed by atoms with Crippen molar-refractivity contribution < 1.29 is 50.6 Å². The van der Waals surface area contributed by atoms with Crippen molar-refractivity contribution in [2.75, 3.05) is 66.5 Å². The quantitative estimate of drug-likeness (QED) is 0.196. The zero-order valence-electron chi connectivity index (χ0n) is 42.2. The molecular formula is C54H82N6O2Sm-2. The fourth-order valence-electron chi connectivity index (χ4n) is 7.94. The first kappa shape index (κ1) is 54.8. The molecule has 4 aromatic rings. The maximum atomic E-state index is 13.8. The van der Waals surface area contributed by atoms with Crippen LogP contribution >= 0.6 is 0 Å². The van der Waals surface area contributed by atoms with Gasteiger partial charge in [-0.1, -0.05) is 107 Å². The average molecular weight is 998 g/mol. The molecule has 1 saturated heterocycles. The summed E-state index contributed by atoms with van der Waals surface area (Å²) >= 11 is 0. The molecule has 348 valence electrons. The predicted octanol–water partition coefficient (Wildman–Crippen LogP) is 9.75. The van der Waals surface area contributed by atoms with Crippen LogP contribution in [0.25, 0.3) is 11.4 Å². The maximum absolute atomic E-state index is 13.8. The summed E-state index contributed by atoms with van der Waals surface area (Å²) in [5, 5.41) is 27.6. The van der Waals surface area contributed by atoms with Gasteiger partial charge < -0.3 is 20.0 Å². The molecule has 0 N–H and O–H groups in total. The Kier molecular flexibility index (Phi) is 20.3. The van der Waals surface area contributed by atoms with Gasteiger partial charge in [0.25, 0.3) is 0 Å². The summed E-state index contributed by atoms with van der Waals surface area (Å²) in [6.07, 6.45) is 5.73. The number of pyridine rings is 2. The summed E-state index contributed by atoms with van der Waals surface area (Å²) in [4.78, 5) is 18.5. The summed E-state index contributed by atoms with van der Waals surface area (Å²) < 4.78 is 0. The number of rotatable bonds is 5. The molecule has 3 heterocycles. The van der Waals surface area contributed by atoms with E-state index in [0.29, 0.717) is 13.1 Å². The molecule has 0 bridgehead atoms. The number of hydrogen-bond donors (Lipinski definition) is 0. The van der Waals surface area contributed by atoms with Gasteiger partial charge in [-0.05, 0) is 157 Å². The third kappa shape index (κ3) is 17.0. The molecule has 1 fully saturated rings. The number of likely N-dealkylation sites (N-methyl/N-ethyl adjacent to an activating group) is 2. The summed E-state index contributed by atoms with van der Waals surface area (Å²) in [5.41, 5.74) is 10.1. The van der Waals surface area contributed by atoms with Crippen LogP contribution in [0.1, 0.15) is 140 Å². The SMILES string of the molecule is CN1CCCN(Cc2cc(C(C)(C)C)cc(C(C)(C)C)c2[O-])CCN(C)CCCN(Cc2cc(C(C)(C)C)cc(C(C)(C)C)c2[O-])CC1.Cc1ccnc(-c2cc(C)ccn2)c1.[Sm]. The third-order valence-electron chi connectivity index (χ3n) is 12.2. The van der Waals surface area contributed by atoms with Crippen LogP contribution < -0.4 is 10.2 Å². The van der Waals surface area contributed by atoms with Crippen molar-refractivity contribution in [2.45, 2.75) is 145 Å². The zero-order valence-corrected chi connectivity index (χ0v) is 44.8. The van der Waals surface area contributed by atoms with Crippen LogP contribution in [0.3, 0.4) is 0 Å². The minimum Gasteiger partial charge on any atom is -0.872 e. The molecule has 0 unspecified atom stereocenters. The van der Waals surface area contributed by atoms with E-state index in [-0.39, 0.29) is 73.5 Å². The number of nitrogens with zero attached hydrogens (tertiary/aromatic N) is 6. The van der Waals surface area contributed by atoms with Crippen molar-refractivity contribution in [3.63, 3.8) is 0 Å². The predicted molar refractivity (Wildman–Crippen MR) is 258 cm³/mol. The molecule has 0 saturated carbocycles. The Morgan fingerprint density at radius 3 is 1.13 bits per heavy atom. The van der Waals surface area contributed by atoms with Crippen LogP contribution in [0, 0.1) is 54.2 Å². The fourth-order valence-corrected chi connectivity index (χ4v) is 7.94. The van der Waals surface area contributed by atoms with Gasteiger partial charge in [-0.15, -0.1) is 11.5 Å². The van der Waals surface area contributed by atoms with Gasteiger partial charge in [-0.3, -0.25) is 19.8 Å². The third-order valence-corrected chi connectivity index (χ3v) is 12.2. The molecule has 0 atom stereocenters. The second kappa shape index (κ2) is 23.3. The van der Waals surface area contributed by atoms with Crippen molar-refractivity contribution in [1.82, 2.24) is 29.6 Å². The zero-order chi connectivity index (χ0) is 46.2. The smallest absolute Gasteiger partial charge is 0.0888 e. The Hall–Kier alpha value is -2.48. The van der Waals surface area contributed by atoms with Crippen molar-refractivity contribution in [2.24, 2.45) is 0 Å². The molecule has 63 heavy (non-hydrogen) atoms. The van der Waals surface area contributed by atoms with E-state index in [1.165, 1.54) is 22.3 Å². The van der Waals surface area contributed by atoms with Crippen LogP contribution in [-0.4, -0.2) is 96.0 Å². The monoisotopic (exact) mass is 999 g/mol.